The van der Waals surface area contributed by atoms with Gasteiger partial charge in [0.05, 0.1) is 11.0 Å². The summed E-state index contributed by atoms with van der Waals surface area (Å²) < 4.78 is 0. The average molecular weight is 523 g/mol. The number of aromatic nitrogens is 2. The van der Waals surface area contributed by atoms with Crippen LogP contribution in [0.3, 0.4) is 0 Å². The number of allylic oxidation sites excluding steroid dienone is 2. The summed E-state index contributed by atoms with van der Waals surface area (Å²) in [5.41, 5.74) is 11.5. The molecule has 1 aliphatic carbocycles. The van der Waals surface area contributed by atoms with Gasteiger partial charge in [-0.05, 0) is 79.6 Å². The average Bonchev–Trinajstić information content (AvgIpc) is 3.05. The van der Waals surface area contributed by atoms with Gasteiger partial charge in [-0.15, -0.1) is 0 Å². The topological polar surface area (TPSA) is 25.8 Å². The second-order valence-corrected chi connectivity index (χ2v) is 10.7. The van der Waals surface area contributed by atoms with Gasteiger partial charge in [-0.25, -0.2) is 0 Å². The quantitative estimate of drug-likeness (QED) is 0.216. The number of hydrogen-bond acceptors (Lipinski definition) is 2. The SMILES string of the molecule is C=C1c2ccc3ccccc3c2C(c2cccc(-c3cc4cccnc4c4ncccc34)c2)=CC1c1ccccc1. The van der Waals surface area contributed by atoms with Crippen LogP contribution in [0.25, 0.3) is 54.9 Å². The van der Waals surface area contributed by atoms with E-state index in [1.807, 2.05) is 24.5 Å². The van der Waals surface area contributed by atoms with Crippen LogP contribution in [0.4, 0.5) is 0 Å². The minimum absolute atomic E-state index is 0.0975. The summed E-state index contributed by atoms with van der Waals surface area (Å²) in [5, 5.41) is 4.68. The van der Waals surface area contributed by atoms with Crippen LogP contribution < -0.4 is 0 Å². The maximum Gasteiger partial charge on any atom is 0.0970 e. The van der Waals surface area contributed by atoms with E-state index in [0.29, 0.717) is 0 Å². The molecule has 41 heavy (non-hydrogen) atoms. The van der Waals surface area contributed by atoms with Crippen LogP contribution in [0.2, 0.25) is 0 Å². The fraction of sp³-hybridized carbons (Fsp3) is 0.0256. The third-order valence-electron chi connectivity index (χ3n) is 8.36. The lowest BCUT2D eigenvalue weighted by Gasteiger charge is -2.29. The van der Waals surface area contributed by atoms with E-state index in [9.17, 15) is 0 Å². The highest BCUT2D eigenvalue weighted by Crippen LogP contribution is 2.47. The monoisotopic (exact) mass is 522 g/mol. The van der Waals surface area contributed by atoms with Crippen LogP contribution in [0.15, 0.2) is 146 Å². The number of nitrogens with zero attached hydrogens (tertiary/aromatic N) is 2. The van der Waals surface area contributed by atoms with Crippen molar-refractivity contribution in [1.82, 2.24) is 9.97 Å². The molecule has 1 unspecified atom stereocenters. The third-order valence-corrected chi connectivity index (χ3v) is 8.36. The number of pyridine rings is 2. The van der Waals surface area contributed by atoms with Gasteiger partial charge in [0.2, 0.25) is 0 Å². The first kappa shape index (κ1) is 23.5. The van der Waals surface area contributed by atoms with Gasteiger partial charge in [0, 0.05) is 29.1 Å². The second-order valence-electron chi connectivity index (χ2n) is 10.7. The summed E-state index contributed by atoms with van der Waals surface area (Å²) in [5.74, 6) is 0.0975. The number of benzene rings is 5. The first-order valence-electron chi connectivity index (χ1n) is 14.0. The first-order chi connectivity index (χ1) is 20.3. The van der Waals surface area contributed by atoms with Crippen molar-refractivity contribution in [3.63, 3.8) is 0 Å². The zero-order chi connectivity index (χ0) is 27.3. The van der Waals surface area contributed by atoms with Crippen molar-refractivity contribution in [2.75, 3.05) is 0 Å². The predicted molar refractivity (Wildman–Crippen MR) is 172 cm³/mol. The van der Waals surface area contributed by atoms with Gasteiger partial charge in [0.15, 0.2) is 0 Å². The summed E-state index contributed by atoms with van der Waals surface area (Å²) in [7, 11) is 0. The summed E-state index contributed by atoms with van der Waals surface area (Å²) in [6, 6.07) is 43.3. The van der Waals surface area contributed by atoms with Crippen molar-refractivity contribution in [2.45, 2.75) is 5.92 Å². The molecule has 1 atom stereocenters. The normalized spacial score (nSPS) is 14.8. The van der Waals surface area contributed by atoms with E-state index in [4.69, 9.17) is 4.98 Å². The molecule has 7 aromatic rings. The molecule has 1 aliphatic rings. The molecule has 0 saturated heterocycles. The molecule has 0 aliphatic heterocycles. The summed E-state index contributed by atoms with van der Waals surface area (Å²) in [6.07, 6.45) is 6.10. The number of fused-ring (bicyclic) bond motifs is 6. The molecule has 0 radical (unpaired) electrons. The van der Waals surface area contributed by atoms with Crippen molar-refractivity contribution in [3.05, 3.63) is 169 Å². The molecule has 0 bridgehead atoms. The largest absolute Gasteiger partial charge is 0.254 e. The van der Waals surface area contributed by atoms with Crippen molar-refractivity contribution in [3.8, 4) is 11.1 Å². The Labute approximate surface area is 239 Å². The standard InChI is InChI=1S/C39H26N2/c1-25-31-19-18-27-12-5-6-16-32(27)37(31)36(24-34(25)26-10-3-2-4-11-26)29-14-7-13-28(22-29)35-23-30-15-8-20-40-38(30)39-33(35)17-9-21-41-39/h2-24,34H,1H2. The Morgan fingerprint density at radius 3 is 2.17 bits per heavy atom. The Morgan fingerprint density at radius 1 is 0.537 bits per heavy atom. The van der Waals surface area contributed by atoms with Crippen LogP contribution in [0.5, 0.6) is 0 Å². The lowest BCUT2D eigenvalue weighted by molar-refractivity contribution is 1.09. The van der Waals surface area contributed by atoms with E-state index in [1.165, 1.54) is 38.6 Å². The Kier molecular flexibility index (Phi) is 5.39. The minimum Gasteiger partial charge on any atom is -0.254 e. The van der Waals surface area contributed by atoms with Gasteiger partial charge < -0.3 is 0 Å². The van der Waals surface area contributed by atoms with E-state index < -0.39 is 0 Å². The van der Waals surface area contributed by atoms with E-state index >= 15 is 0 Å². The number of hydrogen-bond donors (Lipinski definition) is 0. The predicted octanol–water partition coefficient (Wildman–Crippen LogP) is 9.85. The van der Waals surface area contributed by atoms with Gasteiger partial charge in [-0.3, -0.25) is 9.97 Å². The molecular weight excluding hydrogens is 496 g/mol. The smallest absolute Gasteiger partial charge is 0.0970 e. The van der Waals surface area contributed by atoms with Gasteiger partial charge in [-0.1, -0.05) is 110 Å². The molecule has 0 amide bonds. The molecule has 0 spiro atoms. The van der Waals surface area contributed by atoms with Crippen LogP contribution >= 0.6 is 0 Å². The van der Waals surface area contributed by atoms with Crippen molar-refractivity contribution in [2.24, 2.45) is 0 Å². The molecule has 0 N–H and O–H groups in total. The maximum absolute atomic E-state index is 4.74. The molecule has 2 heterocycles. The molecule has 8 rings (SSSR count). The highest BCUT2D eigenvalue weighted by molar-refractivity contribution is 6.11. The van der Waals surface area contributed by atoms with Crippen molar-refractivity contribution in [1.29, 1.82) is 0 Å². The lowest BCUT2D eigenvalue weighted by atomic mass is 9.74. The molecular formula is C39H26N2. The number of rotatable bonds is 3. The molecule has 2 nitrogen and oxygen atoms in total. The zero-order valence-electron chi connectivity index (χ0n) is 22.5. The summed E-state index contributed by atoms with van der Waals surface area (Å²) in [6.45, 7) is 4.62. The van der Waals surface area contributed by atoms with Crippen LogP contribution in [0.1, 0.15) is 28.2 Å². The fourth-order valence-corrected chi connectivity index (χ4v) is 6.42. The molecule has 0 fully saturated rings. The molecule has 2 heteroatoms. The van der Waals surface area contributed by atoms with Crippen LogP contribution in [-0.4, -0.2) is 9.97 Å². The molecule has 192 valence electrons. The molecule has 2 aromatic heterocycles. The first-order valence-corrected chi connectivity index (χ1v) is 14.0. The van der Waals surface area contributed by atoms with Gasteiger partial charge in [0.1, 0.15) is 0 Å². The van der Waals surface area contributed by atoms with Crippen LogP contribution in [0, 0.1) is 0 Å². The van der Waals surface area contributed by atoms with Crippen molar-refractivity contribution >= 4 is 43.7 Å². The molecule has 5 aromatic carbocycles. The maximum atomic E-state index is 4.74. The highest BCUT2D eigenvalue weighted by Gasteiger charge is 2.27. The minimum atomic E-state index is 0.0975. The van der Waals surface area contributed by atoms with E-state index in [-0.39, 0.29) is 5.92 Å². The Bertz CT molecular complexity index is 2170. The zero-order valence-corrected chi connectivity index (χ0v) is 22.5. The fourth-order valence-electron chi connectivity index (χ4n) is 6.42. The lowest BCUT2D eigenvalue weighted by Crippen LogP contribution is -2.09. The van der Waals surface area contributed by atoms with Gasteiger partial charge in [0.25, 0.3) is 0 Å². The Balaban J connectivity index is 1.38. The molecule has 0 saturated carbocycles. The Morgan fingerprint density at radius 2 is 1.27 bits per heavy atom. The van der Waals surface area contributed by atoms with Gasteiger partial charge in [-0.2, -0.15) is 0 Å². The van der Waals surface area contributed by atoms with Crippen LogP contribution in [-0.2, 0) is 0 Å². The van der Waals surface area contributed by atoms with E-state index in [1.54, 1.807) is 0 Å². The van der Waals surface area contributed by atoms with Crippen molar-refractivity contribution < 1.29 is 0 Å². The Hall–Kier alpha value is -5.34. The highest BCUT2D eigenvalue weighted by atomic mass is 14.7. The second kappa shape index (κ2) is 9.39. The third kappa shape index (κ3) is 3.80. The van der Waals surface area contributed by atoms with E-state index in [0.717, 1.165) is 38.5 Å². The summed E-state index contributed by atoms with van der Waals surface area (Å²) >= 11 is 0. The van der Waals surface area contributed by atoms with E-state index in [2.05, 4.69) is 127 Å². The van der Waals surface area contributed by atoms with Gasteiger partial charge >= 0.3 is 0 Å². The summed E-state index contributed by atoms with van der Waals surface area (Å²) in [4.78, 5) is 9.39.